The van der Waals surface area contributed by atoms with Gasteiger partial charge in [-0.1, -0.05) is 0 Å². The average Bonchev–Trinajstić information content (AvgIpc) is 2.74. The summed E-state index contributed by atoms with van der Waals surface area (Å²) in [6.07, 6.45) is 3.64. The van der Waals surface area contributed by atoms with Crippen molar-refractivity contribution in [2.75, 3.05) is 26.8 Å². The van der Waals surface area contributed by atoms with Crippen molar-refractivity contribution in [3.8, 4) is 0 Å². The number of hydrogen-bond acceptors (Lipinski definition) is 4. The number of aromatic carboxylic acids is 1. The summed E-state index contributed by atoms with van der Waals surface area (Å²) in [6, 6.07) is 0. The lowest BCUT2D eigenvalue weighted by atomic mass is 9.97. The van der Waals surface area contributed by atoms with Gasteiger partial charge in [-0.2, -0.15) is 5.10 Å². The van der Waals surface area contributed by atoms with Crippen molar-refractivity contribution in [3.05, 3.63) is 17.5 Å². The maximum atomic E-state index is 11.1. The van der Waals surface area contributed by atoms with Gasteiger partial charge >= 0.3 is 5.97 Å². The molecule has 19 heavy (non-hydrogen) atoms. The van der Waals surface area contributed by atoms with E-state index in [9.17, 15) is 4.79 Å². The third-order valence-electron chi connectivity index (χ3n) is 3.77. The molecule has 0 spiro atoms. The second-order valence-corrected chi connectivity index (χ2v) is 5.11. The number of nitrogens with zero attached hydrogens (tertiary/aromatic N) is 3. The number of carboxylic acids is 1. The van der Waals surface area contributed by atoms with Crippen molar-refractivity contribution in [2.45, 2.75) is 19.4 Å². The van der Waals surface area contributed by atoms with Gasteiger partial charge in [0.15, 0.2) is 0 Å². The average molecular weight is 267 g/mol. The molecule has 0 radical (unpaired) electrons. The predicted molar refractivity (Wildman–Crippen MR) is 70.0 cm³/mol. The van der Waals surface area contributed by atoms with Crippen LogP contribution in [0.4, 0.5) is 0 Å². The molecule has 6 nitrogen and oxygen atoms in total. The fraction of sp³-hybridized carbons (Fsp3) is 0.692. The van der Waals surface area contributed by atoms with Gasteiger partial charge in [0.1, 0.15) is 5.56 Å². The highest BCUT2D eigenvalue weighted by atomic mass is 16.5. The molecule has 2 rings (SSSR count). The van der Waals surface area contributed by atoms with Crippen LogP contribution in [0.2, 0.25) is 0 Å². The molecule has 1 N–H and O–H groups in total. The van der Waals surface area contributed by atoms with Gasteiger partial charge in [0.25, 0.3) is 0 Å². The van der Waals surface area contributed by atoms with Gasteiger partial charge in [-0.25, -0.2) is 4.79 Å². The van der Waals surface area contributed by atoms with Crippen LogP contribution in [0.15, 0.2) is 6.20 Å². The van der Waals surface area contributed by atoms with E-state index < -0.39 is 5.97 Å². The molecule has 0 bridgehead atoms. The Kier molecular flexibility index (Phi) is 4.55. The van der Waals surface area contributed by atoms with E-state index in [0.717, 1.165) is 38.2 Å². The summed E-state index contributed by atoms with van der Waals surface area (Å²) in [5, 5.41) is 13.2. The van der Waals surface area contributed by atoms with Crippen LogP contribution in [-0.4, -0.2) is 52.6 Å². The standard InChI is InChI=1S/C13H21N3O3/c1-15-12(11(7-14-15)13(17)18)8-16-5-3-10(4-6-16)9-19-2/h7,10H,3-6,8-9H2,1-2H3,(H,17,18). The Morgan fingerprint density at radius 1 is 1.53 bits per heavy atom. The quantitative estimate of drug-likeness (QED) is 0.861. The molecular formula is C13H21N3O3. The van der Waals surface area contributed by atoms with Crippen LogP contribution in [0.3, 0.4) is 0 Å². The predicted octanol–water partition coefficient (Wildman–Crippen LogP) is 0.977. The van der Waals surface area contributed by atoms with Gasteiger partial charge in [0.2, 0.25) is 0 Å². The number of piperidine rings is 1. The molecule has 0 aromatic carbocycles. The molecule has 1 aromatic heterocycles. The van der Waals surface area contributed by atoms with Crippen LogP contribution in [0.5, 0.6) is 0 Å². The monoisotopic (exact) mass is 267 g/mol. The molecule has 6 heteroatoms. The first kappa shape index (κ1) is 14.0. The minimum Gasteiger partial charge on any atom is -0.478 e. The van der Waals surface area contributed by atoms with E-state index in [1.165, 1.54) is 6.20 Å². The first-order valence-corrected chi connectivity index (χ1v) is 6.57. The smallest absolute Gasteiger partial charge is 0.339 e. The zero-order chi connectivity index (χ0) is 13.8. The molecule has 1 saturated heterocycles. The van der Waals surface area contributed by atoms with E-state index in [4.69, 9.17) is 9.84 Å². The molecular weight excluding hydrogens is 246 g/mol. The van der Waals surface area contributed by atoms with Crippen molar-refractivity contribution in [2.24, 2.45) is 13.0 Å². The summed E-state index contributed by atoms with van der Waals surface area (Å²) in [4.78, 5) is 13.4. The number of likely N-dealkylation sites (tertiary alicyclic amines) is 1. The minimum absolute atomic E-state index is 0.307. The highest BCUT2D eigenvalue weighted by Gasteiger charge is 2.22. The van der Waals surface area contributed by atoms with Crippen LogP contribution >= 0.6 is 0 Å². The minimum atomic E-state index is -0.905. The van der Waals surface area contributed by atoms with Crippen molar-refractivity contribution in [1.82, 2.24) is 14.7 Å². The van der Waals surface area contributed by atoms with Crippen molar-refractivity contribution >= 4 is 5.97 Å². The molecule has 0 amide bonds. The van der Waals surface area contributed by atoms with Gasteiger partial charge < -0.3 is 9.84 Å². The van der Waals surface area contributed by atoms with Crippen LogP contribution in [0, 0.1) is 5.92 Å². The second kappa shape index (κ2) is 6.16. The number of ether oxygens (including phenoxy) is 1. The molecule has 0 aliphatic carbocycles. The molecule has 1 aliphatic heterocycles. The van der Waals surface area contributed by atoms with Crippen LogP contribution in [-0.2, 0) is 18.3 Å². The van der Waals surface area contributed by atoms with E-state index >= 15 is 0 Å². The van der Waals surface area contributed by atoms with E-state index in [-0.39, 0.29) is 0 Å². The SMILES string of the molecule is COCC1CCN(Cc2c(C(=O)O)cnn2C)CC1. The summed E-state index contributed by atoms with van der Waals surface area (Å²) in [5.41, 5.74) is 1.08. The van der Waals surface area contributed by atoms with Crippen LogP contribution in [0.1, 0.15) is 28.9 Å². The lowest BCUT2D eigenvalue weighted by Gasteiger charge is -2.31. The second-order valence-electron chi connectivity index (χ2n) is 5.11. The fourth-order valence-electron chi connectivity index (χ4n) is 2.59. The summed E-state index contributed by atoms with van der Waals surface area (Å²) < 4.78 is 6.84. The summed E-state index contributed by atoms with van der Waals surface area (Å²) >= 11 is 0. The number of carboxylic acid groups (broad SMARTS) is 1. The van der Waals surface area contributed by atoms with Gasteiger partial charge in [-0.05, 0) is 31.8 Å². The van der Waals surface area contributed by atoms with Crippen LogP contribution in [0.25, 0.3) is 0 Å². The Morgan fingerprint density at radius 3 is 2.79 bits per heavy atom. The van der Waals surface area contributed by atoms with Crippen molar-refractivity contribution < 1.29 is 14.6 Å². The van der Waals surface area contributed by atoms with Gasteiger partial charge in [0.05, 0.1) is 11.9 Å². The highest BCUT2D eigenvalue weighted by molar-refractivity contribution is 5.88. The molecule has 1 aromatic rings. The molecule has 0 saturated carbocycles. The summed E-state index contributed by atoms with van der Waals surface area (Å²) in [7, 11) is 3.53. The number of rotatable bonds is 5. The van der Waals surface area contributed by atoms with E-state index in [1.54, 1.807) is 18.8 Å². The van der Waals surface area contributed by atoms with Gasteiger partial charge in [-0.3, -0.25) is 9.58 Å². The number of aryl methyl sites for hydroxylation is 1. The number of aromatic nitrogens is 2. The largest absolute Gasteiger partial charge is 0.478 e. The molecule has 106 valence electrons. The third-order valence-corrected chi connectivity index (χ3v) is 3.77. The zero-order valence-electron chi connectivity index (χ0n) is 11.5. The first-order chi connectivity index (χ1) is 9.11. The lowest BCUT2D eigenvalue weighted by Crippen LogP contribution is -2.35. The van der Waals surface area contributed by atoms with Gasteiger partial charge in [-0.15, -0.1) is 0 Å². The van der Waals surface area contributed by atoms with Gasteiger partial charge in [0, 0.05) is 27.3 Å². The Labute approximate surface area is 113 Å². The van der Waals surface area contributed by atoms with Crippen LogP contribution < -0.4 is 0 Å². The Bertz CT molecular complexity index is 436. The maximum absolute atomic E-state index is 11.1. The molecule has 0 unspecified atom stereocenters. The molecule has 0 atom stereocenters. The van der Waals surface area contributed by atoms with Crippen molar-refractivity contribution in [1.29, 1.82) is 0 Å². The lowest BCUT2D eigenvalue weighted by molar-refractivity contribution is 0.0691. The number of methoxy groups -OCH3 is 1. The first-order valence-electron chi connectivity index (χ1n) is 6.57. The normalized spacial score (nSPS) is 17.8. The topological polar surface area (TPSA) is 67.6 Å². The van der Waals surface area contributed by atoms with Crippen molar-refractivity contribution in [3.63, 3.8) is 0 Å². The molecule has 1 aliphatic rings. The third kappa shape index (κ3) is 3.33. The summed E-state index contributed by atoms with van der Waals surface area (Å²) in [5.74, 6) is -0.274. The number of hydrogen-bond donors (Lipinski definition) is 1. The fourth-order valence-corrected chi connectivity index (χ4v) is 2.59. The van der Waals surface area contributed by atoms with E-state index in [0.29, 0.717) is 18.0 Å². The zero-order valence-corrected chi connectivity index (χ0v) is 11.5. The highest BCUT2D eigenvalue weighted by Crippen LogP contribution is 2.20. The van der Waals surface area contributed by atoms with E-state index in [1.807, 2.05) is 0 Å². The Morgan fingerprint density at radius 2 is 2.21 bits per heavy atom. The van der Waals surface area contributed by atoms with E-state index in [2.05, 4.69) is 10.00 Å². The molecule has 2 heterocycles. The molecule has 1 fully saturated rings. The summed E-state index contributed by atoms with van der Waals surface area (Å²) in [6.45, 7) is 3.44. The Balaban J connectivity index is 1.96. The Hall–Kier alpha value is -1.40. The maximum Gasteiger partial charge on any atom is 0.339 e. The number of carbonyl (C=O) groups is 1.